The molecule has 8 nitrogen and oxygen atoms in total. The Balaban J connectivity index is 1.62. The largest absolute Gasteiger partial charge is 0.495 e. The van der Waals surface area contributed by atoms with Gasteiger partial charge in [0, 0.05) is 29.6 Å². The Labute approximate surface area is 211 Å². The van der Waals surface area contributed by atoms with Gasteiger partial charge in [0.15, 0.2) is 0 Å². The van der Waals surface area contributed by atoms with Crippen LogP contribution in [-0.2, 0) is 12.7 Å². The predicted molar refractivity (Wildman–Crippen MR) is 133 cm³/mol. The molecule has 4 rings (SSSR count). The molecule has 11 heteroatoms. The first-order valence-corrected chi connectivity index (χ1v) is 11.2. The summed E-state index contributed by atoms with van der Waals surface area (Å²) in [6, 6.07) is 10.3. The molecular weight excluding hydrogens is 485 g/mol. The van der Waals surface area contributed by atoms with E-state index in [0.29, 0.717) is 34.8 Å². The minimum Gasteiger partial charge on any atom is -0.495 e. The highest BCUT2D eigenvalue weighted by atomic mass is 19.4. The summed E-state index contributed by atoms with van der Waals surface area (Å²) in [5.41, 5.74) is 2.60. The molecule has 2 aromatic carbocycles. The van der Waals surface area contributed by atoms with E-state index in [4.69, 9.17) is 4.74 Å². The van der Waals surface area contributed by atoms with Gasteiger partial charge in [-0.05, 0) is 68.5 Å². The number of anilines is 1. The Hall–Kier alpha value is -4.25. The van der Waals surface area contributed by atoms with Crippen molar-refractivity contribution < 1.29 is 22.7 Å². The second-order valence-corrected chi connectivity index (χ2v) is 8.77. The molecule has 1 amide bonds. The number of benzene rings is 2. The molecule has 0 aliphatic rings. The molecule has 192 valence electrons. The van der Waals surface area contributed by atoms with E-state index in [2.05, 4.69) is 20.6 Å². The summed E-state index contributed by atoms with van der Waals surface area (Å²) in [5.74, 6) is 0.0268. The normalized spacial score (nSPS) is 11.6. The molecule has 0 saturated heterocycles. The highest BCUT2D eigenvalue weighted by Crippen LogP contribution is 2.32. The fraction of sp³-hybridized carbons (Fsp3) is 0.231. The van der Waals surface area contributed by atoms with E-state index in [9.17, 15) is 18.0 Å². The van der Waals surface area contributed by atoms with Crippen LogP contribution < -0.4 is 10.1 Å². The highest BCUT2D eigenvalue weighted by Gasteiger charge is 2.31. The molecule has 0 spiro atoms. The fourth-order valence-electron chi connectivity index (χ4n) is 3.77. The van der Waals surface area contributed by atoms with Gasteiger partial charge in [-0.2, -0.15) is 13.2 Å². The van der Waals surface area contributed by atoms with Gasteiger partial charge in [-0.15, -0.1) is 5.10 Å². The number of ether oxygens (including phenoxy) is 1. The SMILES string of the molecule is COc1cncc(-c2cn(-c3cc(C(=O)Nc4cc(CN(C)C)cc(C(F)(F)F)c4)ccc3C)nn2)c1. The van der Waals surface area contributed by atoms with Crippen molar-refractivity contribution in [1.82, 2.24) is 24.9 Å². The number of hydrogen-bond donors (Lipinski definition) is 1. The zero-order valence-electron chi connectivity index (χ0n) is 20.7. The van der Waals surface area contributed by atoms with E-state index in [0.717, 1.165) is 17.7 Å². The third-order valence-electron chi connectivity index (χ3n) is 5.53. The first-order chi connectivity index (χ1) is 17.5. The van der Waals surface area contributed by atoms with E-state index in [-0.39, 0.29) is 11.3 Å². The number of methoxy groups -OCH3 is 1. The van der Waals surface area contributed by atoms with Gasteiger partial charge in [-0.1, -0.05) is 11.3 Å². The Morgan fingerprint density at radius 3 is 2.59 bits per heavy atom. The molecule has 4 aromatic rings. The second-order valence-electron chi connectivity index (χ2n) is 8.77. The number of carbonyl (C=O) groups excluding carboxylic acids is 1. The maximum Gasteiger partial charge on any atom is 0.416 e. The summed E-state index contributed by atoms with van der Waals surface area (Å²) in [6.07, 6.45) is 0.365. The van der Waals surface area contributed by atoms with Crippen LogP contribution in [0.3, 0.4) is 0 Å². The predicted octanol–water partition coefficient (Wildman–Crippen LogP) is 4.98. The van der Waals surface area contributed by atoms with Gasteiger partial charge < -0.3 is 15.0 Å². The molecule has 2 heterocycles. The third kappa shape index (κ3) is 6.12. The van der Waals surface area contributed by atoms with Crippen LogP contribution in [0.15, 0.2) is 61.1 Å². The van der Waals surface area contributed by atoms with Crippen molar-refractivity contribution in [2.24, 2.45) is 0 Å². The van der Waals surface area contributed by atoms with E-state index in [1.807, 2.05) is 6.92 Å². The number of aromatic nitrogens is 4. The van der Waals surface area contributed by atoms with Gasteiger partial charge in [0.25, 0.3) is 5.91 Å². The smallest absolute Gasteiger partial charge is 0.416 e. The number of aryl methyl sites for hydroxylation is 1. The lowest BCUT2D eigenvalue weighted by Crippen LogP contribution is -2.16. The molecule has 0 aliphatic carbocycles. The minimum absolute atomic E-state index is 0.0624. The van der Waals surface area contributed by atoms with Crippen LogP contribution in [-0.4, -0.2) is 52.0 Å². The van der Waals surface area contributed by atoms with Gasteiger partial charge in [-0.3, -0.25) is 9.78 Å². The molecule has 1 N–H and O–H groups in total. The number of pyridine rings is 1. The number of hydrogen-bond acceptors (Lipinski definition) is 6. The van der Waals surface area contributed by atoms with Crippen LogP contribution >= 0.6 is 0 Å². The Morgan fingerprint density at radius 1 is 1.11 bits per heavy atom. The van der Waals surface area contributed by atoms with Gasteiger partial charge in [0.1, 0.15) is 11.4 Å². The van der Waals surface area contributed by atoms with Crippen LogP contribution in [0.5, 0.6) is 5.75 Å². The van der Waals surface area contributed by atoms with E-state index in [1.54, 1.807) is 69.0 Å². The molecule has 0 unspecified atom stereocenters. The van der Waals surface area contributed by atoms with Crippen molar-refractivity contribution in [3.05, 3.63) is 83.3 Å². The molecule has 0 aliphatic heterocycles. The fourth-order valence-corrected chi connectivity index (χ4v) is 3.77. The average Bonchev–Trinajstić information content (AvgIpc) is 3.33. The second kappa shape index (κ2) is 10.4. The summed E-state index contributed by atoms with van der Waals surface area (Å²) in [4.78, 5) is 18.9. The molecule has 0 fully saturated rings. The van der Waals surface area contributed by atoms with Gasteiger partial charge in [0.05, 0.1) is 30.8 Å². The molecular formula is C26H25F3N6O2. The number of nitrogens with zero attached hydrogens (tertiary/aromatic N) is 5. The molecule has 0 saturated carbocycles. The van der Waals surface area contributed by atoms with Crippen LogP contribution in [0, 0.1) is 6.92 Å². The number of alkyl halides is 3. The number of rotatable bonds is 7. The minimum atomic E-state index is -4.54. The summed E-state index contributed by atoms with van der Waals surface area (Å²) in [6.45, 7) is 2.14. The van der Waals surface area contributed by atoms with Crippen molar-refractivity contribution in [3.8, 4) is 22.7 Å². The standard InChI is InChI=1S/C26H25F3N6O2/c1-16-5-6-18(10-24(16)35-15-23(32-33-35)19-9-22(37-4)13-30-12-19)25(36)31-21-8-17(14-34(2)3)7-20(11-21)26(27,28)29/h5-13,15H,14H2,1-4H3,(H,31,36). The van der Waals surface area contributed by atoms with Crippen molar-refractivity contribution >= 4 is 11.6 Å². The summed E-state index contributed by atoms with van der Waals surface area (Å²) in [7, 11) is 5.05. The maximum atomic E-state index is 13.4. The number of halogens is 3. The lowest BCUT2D eigenvalue weighted by Gasteiger charge is -2.16. The topological polar surface area (TPSA) is 85.2 Å². The summed E-state index contributed by atoms with van der Waals surface area (Å²) >= 11 is 0. The molecule has 0 radical (unpaired) electrons. The van der Waals surface area contributed by atoms with E-state index < -0.39 is 17.6 Å². The number of nitrogens with one attached hydrogen (secondary N) is 1. The van der Waals surface area contributed by atoms with Crippen LogP contribution in [0.1, 0.15) is 27.0 Å². The number of amides is 1. The molecule has 0 atom stereocenters. The third-order valence-corrected chi connectivity index (χ3v) is 5.53. The number of carbonyl (C=O) groups is 1. The molecule has 2 aromatic heterocycles. The first kappa shape index (κ1) is 25.8. The summed E-state index contributed by atoms with van der Waals surface area (Å²) < 4.78 is 47.1. The quantitative estimate of drug-likeness (QED) is 0.378. The lowest BCUT2D eigenvalue weighted by molar-refractivity contribution is -0.137. The van der Waals surface area contributed by atoms with Crippen molar-refractivity contribution in [2.45, 2.75) is 19.6 Å². The Morgan fingerprint density at radius 2 is 1.89 bits per heavy atom. The average molecular weight is 511 g/mol. The van der Waals surface area contributed by atoms with Gasteiger partial charge in [0.2, 0.25) is 0 Å². The van der Waals surface area contributed by atoms with Crippen molar-refractivity contribution in [2.75, 3.05) is 26.5 Å². The van der Waals surface area contributed by atoms with Crippen LogP contribution in [0.25, 0.3) is 16.9 Å². The van der Waals surface area contributed by atoms with Crippen LogP contribution in [0.4, 0.5) is 18.9 Å². The van der Waals surface area contributed by atoms with Gasteiger partial charge in [-0.25, -0.2) is 4.68 Å². The van der Waals surface area contributed by atoms with Crippen LogP contribution in [0.2, 0.25) is 0 Å². The zero-order chi connectivity index (χ0) is 26.7. The van der Waals surface area contributed by atoms with E-state index >= 15 is 0 Å². The van der Waals surface area contributed by atoms with Crippen molar-refractivity contribution in [1.29, 1.82) is 0 Å². The lowest BCUT2D eigenvalue weighted by atomic mass is 10.1. The highest BCUT2D eigenvalue weighted by molar-refractivity contribution is 6.04. The monoisotopic (exact) mass is 510 g/mol. The summed E-state index contributed by atoms with van der Waals surface area (Å²) in [5, 5.41) is 11.0. The molecule has 37 heavy (non-hydrogen) atoms. The van der Waals surface area contributed by atoms with Gasteiger partial charge >= 0.3 is 6.18 Å². The Bertz CT molecular complexity index is 1430. The first-order valence-electron chi connectivity index (χ1n) is 11.2. The maximum absolute atomic E-state index is 13.4. The van der Waals surface area contributed by atoms with Crippen molar-refractivity contribution in [3.63, 3.8) is 0 Å². The zero-order valence-corrected chi connectivity index (χ0v) is 20.7. The van der Waals surface area contributed by atoms with E-state index in [1.165, 1.54) is 10.7 Å². The molecule has 0 bridgehead atoms. The Kier molecular flexibility index (Phi) is 7.25.